The Hall–Kier alpha value is -5.32. The van der Waals surface area contributed by atoms with E-state index in [-0.39, 0.29) is 11.8 Å². The van der Waals surface area contributed by atoms with Gasteiger partial charge in [-0.05, 0) is 97.8 Å². The highest BCUT2D eigenvalue weighted by Crippen LogP contribution is 2.16. The summed E-state index contributed by atoms with van der Waals surface area (Å²) in [6.45, 7) is 3.28. The van der Waals surface area contributed by atoms with Crippen molar-refractivity contribution in [2.24, 2.45) is 10.2 Å². The van der Waals surface area contributed by atoms with E-state index >= 15 is 0 Å². The second-order valence-electron chi connectivity index (χ2n) is 9.36. The van der Waals surface area contributed by atoms with E-state index in [1.165, 1.54) is 0 Å². The zero-order valence-electron chi connectivity index (χ0n) is 23.5. The molecular formula is C32H26Cl2N6O4. The van der Waals surface area contributed by atoms with Crippen molar-refractivity contribution in [2.75, 3.05) is 10.6 Å². The van der Waals surface area contributed by atoms with Crippen LogP contribution >= 0.6 is 23.2 Å². The third-order valence-corrected chi connectivity index (χ3v) is 6.65. The minimum absolute atomic E-state index is 0.316. The molecule has 4 rings (SSSR count). The summed E-state index contributed by atoms with van der Waals surface area (Å²) in [4.78, 5) is 49.7. The lowest BCUT2D eigenvalue weighted by molar-refractivity contribution is -0.139. The molecule has 44 heavy (non-hydrogen) atoms. The molecule has 4 aromatic carbocycles. The topological polar surface area (TPSA) is 141 Å². The highest BCUT2D eigenvalue weighted by atomic mass is 35.5. The Morgan fingerprint density at radius 2 is 0.886 bits per heavy atom. The molecular weight excluding hydrogens is 603 g/mol. The van der Waals surface area contributed by atoms with Crippen molar-refractivity contribution in [2.45, 2.75) is 13.8 Å². The largest absolute Gasteiger partial charge is 0.331 e. The van der Waals surface area contributed by atoms with Crippen molar-refractivity contribution in [3.63, 3.8) is 0 Å². The van der Waals surface area contributed by atoms with E-state index < -0.39 is 11.8 Å². The van der Waals surface area contributed by atoms with Crippen LogP contribution in [0, 0.1) is 0 Å². The first-order valence-corrected chi connectivity index (χ1v) is 13.9. The van der Waals surface area contributed by atoms with Gasteiger partial charge in [-0.1, -0.05) is 47.5 Å². The first kappa shape index (κ1) is 31.6. The number of hydrogen-bond donors (Lipinski definition) is 4. The van der Waals surface area contributed by atoms with Crippen LogP contribution in [0.25, 0.3) is 0 Å². The zero-order valence-corrected chi connectivity index (χ0v) is 25.0. The monoisotopic (exact) mass is 628 g/mol. The molecule has 0 aromatic heterocycles. The maximum atomic E-state index is 12.5. The van der Waals surface area contributed by atoms with Gasteiger partial charge in [0.25, 0.3) is 11.8 Å². The van der Waals surface area contributed by atoms with Crippen molar-refractivity contribution >= 4 is 69.6 Å². The number of hydrogen-bond acceptors (Lipinski definition) is 6. The lowest BCUT2D eigenvalue weighted by Gasteiger charge is -2.08. The highest BCUT2D eigenvalue weighted by molar-refractivity contribution is 6.35. The first-order valence-electron chi connectivity index (χ1n) is 13.1. The van der Waals surface area contributed by atoms with Gasteiger partial charge >= 0.3 is 11.8 Å². The lowest BCUT2D eigenvalue weighted by Crippen LogP contribution is -2.36. The van der Waals surface area contributed by atoms with Gasteiger partial charge in [0.05, 0.1) is 11.4 Å². The Bertz CT molecular complexity index is 1640. The quantitative estimate of drug-likeness (QED) is 0.110. The third kappa shape index (κ3) is 8.84. The summed E-state index contributed by atoms with van der Waals surface area (Å²) in [5, 5.41) is 14.6. The molecule has 0 aliphatic heterocycles. The second kappa shape index (κ2) is 14.7. The SMILES string of the molecule is CC(=NNC(=O)C(=O)NN=C(C)c1cccc(NC(=O)c2ccc(Cl)cc2)c1)c1cccc(NC(=O)c2ccc(Cl)cc2)c1. The molecule has 0 aliphatic carbocycles. The highest BCUT2D eigenvalue weighted by Gasteiger charge is 2.14. The number of benzene rings is 4. The molecule has 222 valence electrons. The van der Waals surface area contributed by atoms with Crippen molar-refractivity contribution in [1.29, 1.82) is 0 Å². The molecule has 0 radical (unpaired) electrons. The van der Waals surface area contributed by atoms with E-state index in [0.717, 1.165) is 0 Å². The van der Waals surface area contributed by atoms with Crippen LogP contribution in [0.15, 0.2) is 107 Å². The maximum absolute atomic E-state index is 12.5. The summed E-state index contributed by atoms with van der Waals surface area (Å²) < 4.78 is 0. The van der Waals surface area contributed by atoms with Gasteiger partial charge in [0.1, 0.15) is 0 Å². The molecule has 0 saturated carbocycles. The van der Waals surface area contributed by atoms with Gasteiger partial charge in [-0.15, -0.1) is 0 Å². The summed E-state index contributed by atoms with van der Waals surface area (Å²) in [5.41, 5.74) is 8.31. The Labute approximate surface area is 263 Å². The number of rotatable bonds is 8. The van der Waals surface area contributed by atoms with Gasteiger partial charge in [-0.25, -0.2) is 10.9 Å². The molecule has 0 saturated heterocycles. The van der Waals surface area contributed by atoms with Gasteiger partial charge in [-0.2, -0.15) is 10.2 Å². The van der Waals surface area contributed by atoms with E-state index in [1.807, 2.05) is 0 Å². The molecule has 0 fully saturated rings. The fourth-order valence-electron chi connectivity index (χ4n) is 3.75. The average molecular weight is 630 g/mol. The second-order valence-corrected chi connectivity index (χ2v) is 10.2. The number of carbonyl (C=O) groups excluding carboxylic acids is 4. The van der Waals surface area contributed by atoms with Crippen LogP contribution in [-0.2, 0) is 9.59 Å². The van der Waals surface area contributed by atoms with E-state index in [4.69, 9.17) is 23.2 Å². The Morgan fingerprint density at radius 3 is 1.25 bits per heavy atom. The summed E-state index contributed by atoms with van der Waals surface area (Å²) in [6.07, 6.45) is 0. The summed E-state index contributed by atoms with van der Waals surface area (Å²) in [6, 6.07) is 26.6. The van der Waals surface area contributed by atoms with Crippen LogP contribution in [0.1, 0.15) is 45.7 Å². The Morgan fingerprint density at radius 1 is 0.523 bits per heavy atom. The number of nitrogens with one attached hydrogen (secondary N) is 4. The van der Waals surface area contributed by atoms with Crippen molar-refractivity contribution in [1.82, 2.24) is 10.9 Å². The van der Waals surface area contributed by atoms with Crippen molar-refractivity contribution in [3.8, 4) is 0 Å². The van der Waals surface area contributed by atoms with Gasteiger partial charge in [0, 0.05) is 32.5 Å². The Kier molecular flexibility index (Phi) is 10.6. The number of hydrazone groups is 2. The number of halogens is 2. The van der Waals surface area contributed by atoms with Crippen molar-refractivity contribution < 1.29 is 19.2 Å². The predicted octanol–water partition coefficient (Wildman–Crippen LogP) is 5.88. The first-order chi connectivity index (χ1) is 21.1. The molecule has 4 N–H and O–H groups in total. The summed E-state index contributed by atoms with van der Waals surface area (Å²) in [5.74, 6) is -2.69. The third-order valence-electron chi connectivity index (χ3n) is 6.15. The van der Waals surface area contributed by atoms with E-state index in [9.17, 15) is 19.2 Å². The molecule has 10 nitrogen and oxygen atoms in total. The van der Waals surface area contributed by atoms with E-state index in [0.29, 0.717) is 55.1 Å². The molecule has 0 bridgehead atoms. The molecule has 12 heteroatoms. The fourth-order valence-corrected chi connectivity index (χ4v) is 4.00. The van der Waals surface area contributed by atoms with Crippen molar-refractivity contribution in [3.05, 3.63) is 129 Å². The van der Waals surface area contributed by atoms with Crippen LogP contribution in [0.5, 0.6) is 0 Å². The maximum Gasteiger partial charge on any atom is 0.331 e. The summed E-state index contributed by atoms with van der Waals surface area (Å²) in [7, 11) is 0. The van der Waals surface area contributed by atoms with E-state index in [2.05, 4.69) is 31.7 Å². The standard InChI is InChI=1S/C32H26Cl2N6O4/c1-19(23-5-3-7-27(17-23)35-29(41)21-9-13-25(33)14-10-21)37-39-31(43)32(44)40-38-20(2)24-6-4-8-28(18-24)36-30(42)22-11-15-26(34)16-12-22/h3-18H,1-2H3,(H,35,41)(H,36,42)(H,39,43)(H,40,44). The van der Waals surface area contributed by atoms with Gasteiger partial charge in [-0.3, -0.25) is 19.2 Å². The van der Waals surface area contributed by atoms with Crippen LogP contribution < -0.4 is 21.5 Å². The minimum Gasteiger partial charge on any atom is -0.322 e. The predicted molar refractivity (Wildman–Crippen MR) is 172 cm³/mol. The molecule has 0 aliphatic rings. The van der Waals surface area contributed by atoms with Crippen LogP contribution in [-0.4, -0.2) is 35.1 Å². The average Bonchev–Trinajstić information content (AvgIpc) is 3.02. The fraction of sp³-hybridized carbons (Fsp3) is 0.0625. The normalized spacial score (nSPS) is 11.4. The molecule has 4 amide bonds. The van der Waals surface area contributed by atoms with Gasteiger partial charge < -0.3 is 10.6 Å². The molecule has 0 unspecified atom stereocenters. The molecule has 4 aromatic rings. The molecule has 0 heterocycles. The number of carbonyl (C=O) groups is 4. The zero-order chi connectivity index (χ0) is 31.6. The summed E-state index contributed by atoms with van der Waals surface area (Å²) >= 11 is 11.8. The van der Waals surface area contributed by atoms with Gasteiger partial charge in [0.15, 0.2) is 0 Å². The molecule has 0 spiro atoms. The minimum atomic E-state index is -1.03. The lowest BCUT2D eigenvalue weighted by atomic mass is 10.1. The number of amides is 4. The molecule has 0 atom stereocenters. The smallest absolute Gasteiger partial charge is 0.322 e. The number of nitrogens with zero attached hydrogens (tertiary/aromatic N) is 2. The Balaban J connectivity index is 1.32. The van der Waals surface area contributed by atoms with Crippen LogP contribution in [0.3, 0.4) is 0 Å². The van der Waals surface area contributed by atoms with Crippen LogP contribution in [0.4, 0.5) is 11.4 Å². The van der Waals surface area contributed by atoms with E-state index in [1.54, 1.807) is 111 Å². The number of anilines is 2. The van der Waals surface area contributed by atoms with Crippen LogP contribution in [0.2, 0.25) is 10.0 Å². The van der Waals surface area contributed by atoms with Gasteiger partial charge in [0.2, 0.25) is 0 Å².